The molecule has 1 aliphatic rings. The smallest absolute Gasteiger partial charge is 0.254 e. The molecule has 1 heterocycles. The molecular weight excluding hydrogens is 357 g/mol. The highest BCUT2D eigenvalue weighted by Crippen LogP contribution is 2.30. The molecule has 6 heteroatoms. The number of amides is 1. The lowest BCUT2D eigenvalue weighted by Gasteiger charge is -2.17. The van der Waals surface area contributed by atoms with E-state index in [1.54, 1.807) is 19.1 Å². The fourth-order valence-electron chi connectivity index (χ4n) is 3.68. The third-order valence-electron chi connectivity index (χ3n) is 5.01. The predicted molar refractivity (Wildman–Crippen MR) is 104 cm³/mol. The van der Waals surface area contributed by atoms with Crippen LogP contribution >= 0.6 is 0 Å². The zero-order valence-corrected chi connectivity index (χ0v) is 15.5. The minimum Gasteiger partial charge on any atom is -0.348 e. The number of rotatable bonds is 4. The highest BCUT2D eigenvalue weighted by molar-refractivity contribution is 5.77. The highest BCUT2D eigenvalue weighted by Gasteiger charge is 2.24. The number of hydrogen-bond acceptors (Lipinski definition) is 3. The lowest BCUT2D eigenvalue weighted by atomic mass is 10.1. The number of aryl methyl sites for hydroxylation is 2. The summed E-state index contributed by atoms with van der Waals surface area (Å²) in [5.41, 5.74) is 3.19. The fraction of sp³-hybridized carbons (Fsp3) is 0.227. The van der Waals surface area contributed by atoms with Gasteiger partial charge in [-0.3, -0.25) is 14.2 Å². The largest absolute Gasteiger partial charge is 0.348 e. The third-order valence-corrected chi connectivity index (χ3v) is 5.01. The average Bonchev–Trinajstić information content (AvgIpc) is 3.07. The molecule has 3 aromatic rings. The van der Waals surface area contributed by atoms with E-state index in [1.807, 2.05) is 18.2 Å². The number of nitrogens with one attached hydrogen (secondary N) is 1. The van der Waals surface area contributed by atoms with E-state index < -0.39 is 0 Å². The summed E-state index contributed by atoms with van der Waals surface area (Å²) in [5, 5.41) is 3.03. The Bertz CT molecular complexity index is 1090. The van der Waals surface area contributed by atoms with Gasteiger partial charge in [-0.1, -0.05) is 24.3 Å². The molecule has 1 aromatic heterocycles. The van der Waals surface area contributed by atoms with Crippen molar-refractivity contribution >= 4 is 5.91 Å². The summed E-state index contributed by atoms with van der Waals surface area (Å²) in [5.74, 6) is -0.271. The normalized spacial score (nSPS) is 15.3. The van der Waals surface area contributed by atoms with Crippen LogP contribution in [-0.2, 0) is 17.8 Å². The molecule has 0 radical (unpaired) electrons. The number of nitrogens with zero attached hydrogens (tertiary/aromatic N) is 2. The SMILES string of the molecule is Cc1cc(=O)n(CC(=O)N[C@@H]2CCc3ccccc32)c(-c2ccc(F)cc2)n1. The average molecular weight is 377 g/mol. The first-order valence-electron chi connectivity index (χ1n) is 9.23. The molecular formula is C22H20FN3O2. The molecule has 1 amide bonds. The first-order chi connectivity index (χ1) is 13.5. The lowest BCUT2D eigenvalue weighted by Crippen LogP contribution is -2.35. The van der Waals surface area contributed by atoms with Crippen LogP contribution in [0.3, 0.4) is 0 Å². The van der Waals surface area contributed by atoms with Crippen LogP contribution < -0.4 is 10.9 Å². The van der Waals surface area contributed by atoms with Crippen molar-refractivity contribution in [2.24, 2.45) is 0 Å². The van der Waals surface area contributed by atoms with Gasteiger partial charge in [0.15, 0.2) is 0 Å². The van der Waals surface area contributed by atoms with Gasteiger partial charge in [0.2, 0.25) is 5.91 Å². The molecule has 0 aliphatic heterocycles. The number of benzene rings is 2. The monoisotopic (exact) mass is 377 g/mol. The summed E-state index contributed by atoms with van der Waals surface area (Å²) in [4.78, 5) is 29.7. The van der Waals surface area contributed by atoms with Gasteiger partial charge in [0.05, 0.1) is 6.04 Å². The molecule has 0 spiro atoms. The maximum Gasteiger partial charge on any atom is 0.254 e. The molecule has 0 fully saturated rings. The molecule has 5 nitrogen and oxygen atoms in total. The van der Waals surface area contributed by atoms with E-state index in [9.17, 15) is 14.0 Å². The standard InChI is InChI=1S/C22H20FN3O2/c1-14-12-21(28)26(22(24-14)16-6-9-17(23)10-7-16)13-20(27)25-19-11-8-15-4-2-3-5-18(15)19/h2-7,9-10,12,19H,8,11,13H2,1H3,(H,25,27)/t19-/m1/s1. The van der Waals surface area contributed by atoms with Crippen LogP contribution in [0.15, 0.2) is 59.4 Å². The molecule has 0 saturated carbocycles. The van der Waals surface area contributed by atoms with Gasteiger partial charge in [0, 0.05) is 17.3 Å². The molecule has 2 aromatic carbocycles. The Balaban J connectivity index is 1.60. The van der Waals surface area contributed by atoms with Crippen LogP contribution in [0.2, 0.25) is 0 Å². The van der Waals surface area contributed by atoms with Gasteiger partial charge < -0.3 is 5.32 Å². The molecule has 1 aliphatic carbocycles. The zero-order valence-electron chi connectivity index (χ0n) is 15.5. The van der Waals surface area contributed by atoms with Crippen LogP contribution in [0.5, 0.6) is 0 Å². The van der Waals surface area contributed by atoms with Gasteiger partial charge >= 0.3 is 0 Å². The lowest BCUT2D eigenvalue weighted by molar-refractivity contribution is -0.122. The van der Waals surface area contributed by atoms with Crippen LogP contribution in [0, 0.1) is 12.7 Å². The van der Waals surface area contributed by atoms with Crippen LogP contribution in [0.25, 0.3) is 11.4 Å². The predicted octanol–water partition coefficient (Wildman–Crippen LogP) is 3.16. The van der Waals surface area contributed by atoms with Crippen molar-refractivity contribution in [1.29, 1.82) is 0 Å². The van der Waals surface area contributed by atoms with Gasteiger partial charge in [-0.25, -0.2) is 9.37 Å². The van der Waals surface area contributed by atoms with Crippen molar-refractivity contribution in [3.8, 4) is 11.4 Å². The minimum atomic E-state index is -0.372. The van der Waals surface area contributed by atoms with Crippen LogP contribution in [0.4, 0.5) is 4.39 Å². The van der Waals surface area contributed by atoms with Gasteiger partial charge in [-0.05, 0) is 55.2 Å². The van der Waals surface area contributed by atoms with E-state index in [0.717, 1.165) is 18.4 Å². The van der Waals surface area contributed by atoms with E-state index >= 15 is 0 Å². The van der Waals surface area contributed by atoms with Crippen molar-refractivity contribution in [2.45, 2.75) is 32.4 Å². The second-order valence-electron chi connectivity index (χ2n) is 7.01. The molecule has 0 bridgehead atoms. The van der Waals surface area contributed by atoms with Crippen molar-refractivity contribution in [3.63, 3.8) is 0 Å². The van der Waals surface area contributed by atoms with Crippen molar-refractivity contribution in [1.82, 2.24) is 14.9 Å². The van der Waals surface area contributed by atoms with Gasteiger partial charge in [-0.2, -0.15) is 0 Å². The summed E-state index contributed by atoms with van der Waals surface area (Å²) in [6.07, 6.45) is 1.77. The molecule has 1 atom stereocenters. The summed E-state index contributed by atoms with van der Waals surface area (Å²) < 4.78 is 14.6. The molecule has 1 N–H and O–H groups in total. The maximum absolute atomic E-state index is 13.3. The van der Waals surface area contributed by atoms with Crippen molar-refractivity contribution < 1.29 is 9.18 Å². The van der Waals surface area contributed by atoms with E-state index in [2.05, 4.69) is 16.4 Å². The first kappa shape index (κ1) is 18.1. The topological polar surface area (TPSA) is 64.0 Å². The Morgan fingerprint density at radius 1 is 1.21 bits per heavy atom. The zero-order chi connectivity index (χ0) is 19.7. The van der Waals surface area contributed by atoms with Gasteiger partial charge in [-0.15, -0.1) is 0 Å². The number of hydrogen-bond donors (Lipinski definition) is 1. The quantitative estimate of drug-likeness (QED) is 0.760. The summed E-state index contributed by atoms with van der Waals surface area (Å²) >= 11 is 0. The van der Waals surface area contributed by atoms with Crippen LogP contribution in [-0.4, -0.2) is 15.5 Å². The fourth-order valence-corrected chi connectivity index (χ4v) is 3.68. The van der Waals surface area contributed by atoms with Gasteiger partial charge in [0.1, 0.15) is 18.2 Å². The molecule has 0 saturated heterocycles. The molecule has 0 unspecified atom stereocenters. The maximum atomic E-state index is 13.3. The number of aromatic nitrogens is 2. The van der Waals surface area contributed by atoms with Crippen molar-refractivity contribution in [2.75, 3.05) is 0 Å². The summed E-state index contributed by atoms with van der Waals surface area (Å²) in [7, 11) is 0. The second-order valence-corrected chi connectivity index (χ2v) is 7.01. The van der Waals surface area contributed by atoms with E-state index in [-0.39, 0.29) is 29.9 Å². The Morgan fingerprint density at radius 2 is 1.96 bits per heavy atom. The Labute approximate surface area is 161 Å². The molecule has 28 heavy (non-hydrogen) atoms. The number of carbonyl (C=O) groups excluding carboxylic acids is 1. The first-order valence-corrected chi connectivity index (χ1v) is 9.23. The summed E-state index contributed by atoms with van der Waals surface area (Å²) in [6.45, 7) is 1.58. The minimum absolute atomic E-state index is 0.0490. The Hall–Kier alpha value is -3.28. The van der Waals surface area contributed by atoms with E-state index in [1.165, 1.54) is 28.3 Å². The Kier molecular flexibility index (Phi) is 4.77. The Morgan fingerprint density at radius 3 is 2.75 bits per heavy atom. The second kappa shape index (κ2) is 7.38. The third kappa shape index (κ3) is 3.58. The van der Waals surface area contributed by atoms with E-state index in [0.29, 0.717) is 17.1 Å². The van der Waals surface area contributed by atoms with Crippen molar-refractivity contribution in [3.05, 3.63) is 87.6 Å². The van der Waals surface area contributed by atoms with Gasteiger partial charge in [0.25, 0.3) is 5.56 Å². The number of carbonyl (C=O) groups is 1. The number of halogens is 1. The summed E-state index contributed by atoms with van der Waals surface area (Å²) in [6, 6.07) is 15.1. The van der Waals surface area contributed by atoms with Crippen LogP contribution in [0.1, 0.15) is 29.3 Å². The number of fused-ring (bicyclic) bond motifs is 1. The van der Waals surface area contributed by atoms with E-state index in [4.69, 9.17) is 0 Å². The highest BCUT2D eigenvalue weighted by atomic mass is 19.1. The molecule has 142 valence electrons. The molecule has 4 rings (SSSR count).